The topological polar surface area (TPSA) is 49.2 Å². The molecule has 2 heterocycles. The Morgan fingerprint density at radius 1 is 1.16 bits per heavy atom. The predicted molar refractivity (Wildman–Crippen MR) is 91.3 cm³/mol. The number of ether oxygens (including phenoxy) is 2. The third-order valence-corrected chi connectivity index (χ3v) is 5.44. The largest absolute Gasteiger partial charge is 0.381 e. The fourth-order valence-electron chi connectivity index (χ4n) is 3.73. The standard InChI is InChI=1S/C19H24FN3O2/c1-24-17-7-2-14(17)12-18-21-19(13-8-10-25-11-9-13)22-23(18)16-5-3-15(20)4-6-16/h3-6,13-14,17H,2,7-12H2,1H3. The summed E-state index contributed by atoms with van der Waals surface area (Å²) in [7, 11) is 1.77. The van der Waals surface area contributed by atoms with Gasteiger partial charge in [-0.15, -0.1) is 0 Å². The molecular formula is C19H24FN3O2. The van der Waals surface area contributed by atoms with Crippen LogP contribution >= 0.6 is 0 Å². The highest BCUT2D eigenvalue weighted by atomic mass is 19.1. The van der Waals surface area contributed by atoms with Gasteiger partial charge in [-0.3, -0.25) is 0 Å². The Hall–Kier alpha value is -1.79. The second-order valence-corrected chi connectivity index (χ2v) is 6.98. The highest BCUT2D eigenvalue weighted by Crippen LogP contribution is 2.33. The van der Waals surface area contributed by atoms with Gasteiger partial charge in [0.1, 0.15) is 11.6 Å². The fourth-order valence-corrected chi connectivity index (χ4v) is 3.73. The average molecular weight is 345 g/mol. The summed E-state index contributed by atoms with van der Waals surface area (Å²) in [5.41, 5.74) is 0.857. The first-order valence-corrected chi connectivity index (χ1v) is 9.07. The van der Waals surface area contributed by atoms with E-state index < -0.39 is 0 Å². The van der Waals surface area contributed by atoms with Crippen molar-refractivity contribution in [2.45, 2.75) is 44.1 Å². The minimum absolute atomic E-state index is 0.242. The van der Waals surface area contributed by atoms with Gasteiger partial charge in [-0.2, -0.15) is 5.10 Å². The van der Waals surface area contributed by atoms with Gasteiger partial charge in [0.05, 0.1) is 11.8 Å². The van der Waals surface area contributed by atoms with Crippen LogP contribution in [0.2, 0.25) is 0 Å². The van der Waals surface area contributed by atoms with Crippen molar-refractivity contribution in [1.29, 1.82) is 0 Å². The lowest BCUT2D eigenvalue weighted by Gasteiger charge is -2.35. The molecule has 0 radical (unpaired) electrons. The van der Waals surface area contributed by atoms with Crippen molar-refractivity contribution < 1.29 is 13.9 Å². The van der Waals surface area contributed by atoms with E-state index in [-0.39, 0.29) is 5.82 Å². The quantitative estimate of drug-likeness (QED) is 0.834. The van der Waals surface area contributed by atoms with Crippen LogP contribution in [0, 0.1) is 11.7 Å². The van der Waals surface area contributed by atoms with E-state index in [1.807, 2.05) is 4.68 Å². The molecule has 0 bridgehead atoms. The van der Waals surface area contributed by atoms with Gasteiger partial charge >= 0.3 is 0 Å². The third-order valence-electron chi connectivity index (χ3n) is 5.44. The molecule has 1 saturated heterocycles. The molecule has 1 aliphatic heterocycles. The molecule has 25 heavy (non-hydrogen) atoms. The zero-order valence-electron chi connectivity index (χ0n) is 14.5. The van der Waals surface area contributed by atoms with Gasteiger partial charge in [0.25, 0.3) is 0 Å². The maximum absolute atomic E-state index is 13.3. The molecule has 1 saturated carbocycles. The Morgan fingerprint density at radius 3 is 2.56 bits per heavy atom. The molecule has 0 amide bonds. The van der Waals surface area contributed by atoms with Gasteiger partial charge in [-0.25, -0.2) is 14.1 Å². The van der Waals surface area contributed by atoms with Crippen molar-refractivity contribution in [3.63, 3.8) is 0 Å². The summed E-state index contributed by atoms with van der Waals surface area (Å²) in [6, 6.07) is 6.46. The van der Waals surface area contributed by atoms with Crippen LogP contribution in [0.15, 0.2) is 24.3 Å². The maximum atomic E-state index is 13.3. The van der Waals surface area contributed by atoms with E-state index in [1.54, 1.807) is 19.2 Å². The van der Waals surface area contributed by atoms with Crippen LogP contribution in [-0.4, -0.2) is 41.2 Å². The second-order valence-electron chi connectivity index (χ2n) is 6.98. The maximum Gasteiger partial charge on any atom is 0.154 e. The predicted octanol–water partition coefficient (Wildman–Crippen LogP) is 3.27. The molecule has 2 unspecified atom stereocenters. The SMILES string of the molecule is COC1CCC1Cc1nc(C2CCOCC2)nn1-c1ccc(F)cc1. The first-order valence-electron chi connectivity index (χ1n) is 9.07. The fraction of sp³-hybridized carbons (Fsp3) is 0.579. The first kappa shape index (κ1) is 16.7. The van der Waals surface area contributed by atoms with E-state index >= 15 is 0 Å². The van der Waals surface area contributed by atoms with E-state index in [1.165, 1.54) is 12.1 Å². The van der Waals surface area contributed by atoms with E-state index in [0.29, 0.717) is 17.9 Å². The Morgan fingerprint density at radius 2 is 1.92 bits per heavy atom. The number of hydrogen-bond acceptors (Lipinski definition) is 4. The molecule has 134 valence electrons. The molecule has 1 aromatic heterocycles. The zero-order valence-corrected chi connectivity index (χ0v) is 14.5. The number of methoxy groups -OCH3 is 1. The van der Waals surface area contributed by atoms with E-state index in [2.05, 4.69) is 0 Å². The van der Waals surface area contributed by atoms with Crippen molar-refractivity contribution in [2.24, 2.45) is 5.92 Å². The molecule has 1 aromatic carbocycles. The molecule has 0 spiro atoms. The van der Waals surface area contributed by atoms with Crippen LogP contribution in [0.1, 0.15) is 43.3 Å². The van der Waals surface area contributed by atoms with Crippen molar-refractivity contribution in [1.82, 2.24) is 14.8 Å². The molecule has 2 aliphatic rings. The van der Waals surface area contributed by atoms with Gasteiger partial charge in [0.2, 0.25) is 0 Å². The summed E-state index contributed by atoms with van der Waals surface area (Å²) in [5.74, 6) is 2.41. The Kier molecular flexibility index (Phi) is 4.81. The number of halogens is 1. The van der Waals surface area contributed by atoms with Crippen LogP contribution in [0.5, 0.6) is 0 Å². The van der Waals surface area contributed by atoms with Crippen molar-refractivity contribution in [3.05, 3.63) is 41.7 Å². The second kappa shape index (κ2) is 7.22. The van der Waals surface area contributed by atoms with Crippen molar-refractivity contribution >= 4 is 0 Å². The smallest absolute Gasteiger partial charge is 0.154 e. The minimum Gasteiger partial charge on any atom is -0.381 e. The summed E-state index contributed by atoms with van der Waals surface area (Å²) in [4.78, 5) is 4.87. The minimum atomic E-state index is -0.242. The summed E-state index contributed by atoms with van der Waals surface area (Å²) < 4.78 is 26.2. The Bertz CT molecular complexity index is 708. The van der Waals surface area contributed by atoms with Crippen LogP contribution in [0.3, 0.4) is 0 Å². The Labute approximate surface area is 147 Å². The average Bonchev–Trinajstić information content (AvgIpc) is 3.05. The van der Waals surface area contributed by atoms with E-state index in [0.717, 1.165) is 62.7 Å². The molecular weight excluding hydrogens is 321 g/mol. The molecule has 4 rings (SSSR count). The highest BCUT2D eigenvalue weighted by molar-refractivity contribution is 5.32. The monoisotopic (exact) mass is 345 g/mol. The van der Waals surface area contributed by atoms with Gasteiger partial charge < -0.3 is 9.47 Å². The van der Waals surface area contributed by atoms with Gasteiger partial charge in [-0.05, 0) is 55.9 Å². The van der Waals surface area contributed by atoms with Crippen molar-refractivity contribution in [2.75, 3.05) is 20.3 Å². The normalized spacial score (nSPS) is 24.2. The summed E-state index contributed by atoms with van der Waals surface area (Å²) in [6.45, 7) is 1.53. The lowest BCUT2D eigenvalue weighted by Crippen LogP contribution is -2.35. The van der Waals surface area contributed by atoms with Crippen LogP contribution < -0.4 is 0 Å². The molecule has 2 aromatic rings. The molecule has 1 aliphatic carbocycles. The first-order chi connectivity index (χ1) is 12.2. The van der Waals surface area contributed by atoms with Gasteiger partial charge in [0.15, 0.2) is 5.82 Å². The van der Waals surface area contributed by atoms with Gasteiger partial charge in [-0.1, -0.05) is 0 Å². The molecule has 2 fully saturated rings. The van der Waals surface area contributed by atoms with Crippen LogP contribution in [-0.2, 0) is 15.9 Å². The molecule has 5 nitrogen and oxygen atoms in total. The summed E-state index contributed by atoms with van der Waals surface area (Å²) >= 11 is 0. The van der Waals surface area contributed by atoms with Crippen LogP contribution in [0.25, 0.3) is 5.69 Å². The lowest BCUT2D eigenvalue weighted by atomic mass is 9.79. The van der Waals surface area contributed by atoms with Crippen LogP contribution in [0.4, 0.5) is 4.39 Å². The number of benzene rings is 1. The number of aromatic nitrogens is 3. The third kappa shape index (κ3) is 3.46. The number of nitrogens with zero attached hydrogens (tertiary/aromatic N) is 3. The summed E-state index contributed by atoms with van der Waals surface area (Å²) in [6.07, 6.45) is 5.32. The summed E-state index contributed by atoms with van der Waals surface area (Å²) in [5, 5.41) is 4.78. The Balaban J connectivity index is 1.64. The van der Waals surface area contributed by atoms with Gasteiger partial charge in [0, 0.05) is 32.7 Å². The zero-order chi connectivity index (χ0) is 17.2. The molecule has 2 atom stereocenters. The number of hydrogen-bond donors (Lipinski definition) is 0. The van der Waals surface area contributed by atoms with E-state index in [9.17, 15) is 4.39 Å². The molecule has 0 N–H and O–H groups in total. The highest BCUT2D eigenvalue weighted by Gasteiger charge is 2.33. The number of rotatable bonds is 5. The van der Waals surface area contributed by atoms with Crippen molar-refractivity contribution in [3.8, 4) is 5.69 Å². The molecule has 6 heteroatoms. The van der Waals surface area contributed by atoms with E-state index in [4.69, 9.17) is 19.6 Å². The lowest BCUT2D eigenvalue weighted by molar-refractivity contribution is -0.0167.